The molecule has 2 heterocycles. The lowest BCUT2D eigenvalue weighted by Crippen LogP contribution is -2.40. The Bertz CT molecular complexity index is 852. The van der Waals surface area contributed by atoms with Crippen LogP contribution in [0.5, 0.6) is 5.75 Å². The molecule has 1 aromatic heterocycles. The summed E-state index contributed by atoms with van der Waals surface area (Å²) in [5.41, 5.74) is 2.27. The third kappa shape index (κ3) is 5.03. The molecule has 1 aliphatic heterocycles. The van der Waals surface area contributed by atoms with Crippen molar-refractivity contribution in [3.8, 4) is 5.75 Å². The van der Waals surface area contributed by atoms with Crippen molar-refractivity contribution >= 4 is 17.8 Å². The van der Waals surface area contributed by atoms with Crippen LogP contribution in [0.3, 0.4) is 0 Å². The van der Waals surface area contributed by atoms with Crippen molar-refractivity contribution in [3.63, 3.8) is 0 Å². The van der Waals surface area contributed by atoms with Crippen LogP contribution in [0, 0.1) is 6.92 Å². The van der Waals surface area contributed by atoms with Crippen LogP contribution in [-0.4, -0.2) is 45.9 Å². The van der Waals surface area contributed by atoms with Crippen molar-refractivity contribution < 1.29 is 19.1 Å². The minimum Gasteiger partial charge on any atom is -0.484 e. The Hall–Kier alpha value is -3.03. The number of H-pyrrole nitrogens is 1. The first-order valence-electron chi connectivity index (χ1n) is 9.24. The predicted molar refractivity (Wildman–Crippen MR) is 104 cm³/mol. The summed E-state index contributed by atoms with van der Waals surface area (Å²) in [6, 6.07) is 7.47. The van der Waals surface area contributed by atoms with Crippen LogP contribution in [-0.2, 0) is 22.5 Å². The van der Waals surface area contributed by atoms with E-state index in [2.05, 4.69) is 15.5 Å². The molecule has 8 nitrogen and oxygen atoms in total. The molecule has 0 saturated carbocycles. The highest BCUT2D eigenvalue weighted by Gasteiger charge is 2.29. The summed E-state index contributed by atoms with van der Waals surface area (Å²) < 4.78 is 10.9. The molecule has 0 unspecified atom stereocenters. The number of aromatic nitrogens is 2. The minimum absolute atomic E-state index is 0.125. The number of anilines is 1. The molecule has 8 heteroatoms. The molecule has 0 bridgehead atoms. The van der Waals surface area contributed by atoms with Crippen molar-refractivity contribution in [1.82, 2.24) is 15.1 Å². The Morgan fingerprint density at radius 1 is 1.25 bits per heavy atom. The van der Waals surface area contributed by atoms with Crippen LogP contribution in [0.25, 0.3) is 0 Å². The predicted octanol–water partition coefficient (Wildman–Crippen LogP) is 3.03. The molecule has 150 valence electrons. The van der Waals surface area contributed by atoms with Crippen LogP contribution in [0.15, 0.2) is 24.3 Å². The largest absolute Gasteiger partial charge is 0.484 e. The number of nitrogens with zero attached hydrogens (tertiary/aromatic N) is 2. The molecular formula is C20H26N4O4. The van der Waals surface area contributed by atoms with E-state index in [9.17, 15) is 9.59 Å². The monoisotopic (exact) mass is 386 g/mol. The second kappa shape index (κ2) is 7.92. The van der Waals surface area contributed by atoms with Crippen molar-refractivity contribution in [2.24, 2.45) is 0 Å². The Kier molecular flexibility index (Phi) is 5.58. The number of carbonyl (C=O) groups is 2. The van der Waals surface area contributed by atoms with Crippen molar-refractivity contribution in [2.45, 2.75) is 46.3 Å². The zero-order valence-corrected chi connectivity index (χ0v) is 16.7. The van der Waals surface area contributed by atoms with Crippen molar-refractivity contribution in [2.75, 3.05) is 18.5 Å². The highest BCUT2D eigenvalue weighted by Crippen LogP contribution is 2.25. The molecule has 2 amide bonds. The van der Waals surface area contributed by atoms with Gasteiger partial charge in [0.2, 0.25) is 0 Å². The number of hydrogen-bond acceptors (Lipinski definition) is 5. The molecule has 0 saturated heterocycles. The van der Waals surface area contributed by atoms with E-state index in [1.807, 2.05) is 52.0 Å². The molecule has 0 radical (unpaired) electrons. The number of rotatable bonds is 4. The number of fused-ring (bicyclic) bond motifs is 1. The number of carbonyl (C=O) groups excluding carboxylic acids is 2. The van der Waals surface area contributed by atoms with Gasteiger partial charge in [-0.2, -0.15) is 5.10 Å². The second-order valence-corrected chi connectivity index (χ2v) is 7.83. The summed E-state index contributed by atoms with van der Waals surface area (Å²) in [5, 5.41) is 9.87. The van der Waals surface area contributed by atoms with Gasteiger partial charge >= 0.3 is 6.09 Å². The Labute approximate surface area is 164 Å². The van der Waals surface area contributed by atoms with Crippen LogP contribution in [0.4, 0.5) is 10.6 Å². The molecule has 0 atom stereocenters. The summed E-state index contributed by atoms with van der Waals surface area (Å²) in [6.07, 6.45) is 0.247. The fraction of sp³-hybridized carbons (Fsp3) is 0.450. The number of amides is 2. The van der Waals surface area contributed by atoms with Gasteiger partial charge in [0.1, 0.15) is 11.4 Å². The molecule has 0 spiro atoms. The van der Waals surface area contributed by atoms with Crippen LogP contribution < -0.4 is 10.1 Å². The lowest BCUT2D eigenvalue weighted by atomic mass is 10.1. The number of nitrogens with one attached hydrogen (secondary N) is 2. The van der Waals surface area contributed by atoms with Crippen LogP contribution >= 0.6 is 0 Å². The number of aryl methyl sites for hydroxylation is 1. The first-order valence-corrected chi connectivity index (χ1v) is 9.24. The molecule has 1 aromatic carbocycles. The quantitative estimate of drug-likeness (QED) is 0.842. The van der Waals surface area contributed by atoms with Gasteiger partial charge in [0.05, 0.1) is 6.54 Å². The molecule has 1 aliphatic rings. The lowest BCUT2D eigenvalue weighted by molar-refractivity contribution is -0.118. The van der Waals surface area contributed by atoms with Crippen LogP contribution in [0.1, 0.15) is 37.6 Å². The van der Waals surface area contributed by atoms with Crippen molar-refractivity contribution in [3.05, 3.63) is 41.1 Å². The molecule has 3 rings (SSSR count). The number of benzene rings is 1. The van der Waals surface area contributed by atoms with Gasteiger partial charge in [-0.3, -0.25) is 9.89 Å². The Morgan fingerprint density at radius 2 is 1.96 bits per heavy atom. The van der Waals surface area contributed by atoms with E-state index in [-0.39, 0.29) is 18.6 Å². The summed E-state index contributed by atoms with van der Waals surface area (Å²) in [7, 11) is 0. The van der Waals surface area contributed by atoms with E-state index in [0.717, 1.165) is 16.8 Å². The Morgan fingerprint density at radius 3 is 2.64 bits per heavy atom. The van der Waals surface area contributed by atoms with E-state index >= 15 is 0 Å². The van der Waals surface area contributed by atoms with Gasteiger partial charge in [-0.15, -0.1) is 0 Å². The highest BCUT2D eigenvalue weighted by molar-refractivity contribution is 5.91. The smallest absolute Gasteiger partial charge is 0.410 e. The highest BCUT2D eigenvalue weighted by atomic mass is 16.6. The van der Waals surface area contributed by atoms with E-state index in [0.29, 0.717) is 31.1 Å². The van der Waals surface area contributed by atoms with Gasteiger partial charge < -0.3 is 19.7 Å². The molecular weight excluding hydrogens is 360 g/mol. The third-order valence-electron chi connectivity index (χ3n) is 4.23. The van der Waals surface area contributed by atoms with Gasteiger partial charge in [0.25, 0.3) is 5.91 Å². The topological polar surface area (TPSA) is 96.5 Å². The fourth-order valence-corrected chi connectivity index (χ4v) is 2.83. The SMILES string of the molecule is Cc1ccc(OCC(=O)Nc2n[nH]c3c2CN(C(=O)OC(C)(C)C)CC3)cc1. The molecule has 0 fully saturated rings. The molecule has 28 heavy (non-hydrogen) atoms. The zero-order valence-electron chi connectivity index (χ0n) is 16.7. The molecule has 2 N–H and O–H groups in total. The van der Waals surface area contributed by atoms with Gasteiger partial charge in [-0.1, -0.05) is 17.7 Å². The van der Waals surface area contributed by atoms with E-state index in [4.69, 9.17) is 9.47 Å². The average molecular weight is 386 g/mol. The summed E-state index contributed by atoms with van der Waals surface area (Å²) in [6.45, 7) is 8.22. The summed E-state index contributed by atoms with van der Waals surface area (Å²) in [5.74, 6) is 0.728. The number of aromatic amines is 1. The van der Waals surface area contributed by atoms with Gasteiger partial charge in [0, 0.05) is 24.2 Å². The molecule has 2 aromatic rings. The van der Waals surface area contributed by atoms with Gasteiger partial charge in [-0.05, 0) is 39.8 Å². The van der Waals surface area contributed by atoms with Gasteiger partial charge in [-0.25, -0.2) is 4.79 Å². The average Bonchev–Trinajstić information content (AvgIpc) is 3.02. The first-order chi connectivity index (χ1) is 13.2. The van der Waals surface area contributed by atoms with E-state index in [1.165, 1.54) is 0 Å². The third-order valence-corrected chi connectivity index (χ3v) is 4.23. The first kappa shape index (κ1) is 19.7. The maximum Gasteiger partial charge on any atom is 0.410 e. The van der Waals surface area contributed by atoms with E-state index < -0.39 is 5.60 Å². The fourth-order valence-electron chi connectivity index (χ4n) is 2.83. The van der Waals surface area contributed by atoms with Gasteiger partial charge in [0.15, 0.2) is 12.4 Å². The second-order valence-electron chi connectivity index (χ2n) is 7.83. The maximum absolute atomic E-state index is 12.3. The van der Waals surface area contributed by atoms with E-state index in [1.54, 1.807) is 4.90 Å². The van der Waals surface area contributed by atoms with Crippen LogP contribution in [0.2, 0.25) is 0 Å². The number of hydrogen-bond donors (Lipinski definition) is 2. The summed E-state index contributed by atoms with van der Waals surface area (Å²) >= 11 is 0. The zero-order chi connectivity index (χ0) is 20.3. The number of ether oxygens (including phenoxy) is 2. The van der Waals surface area contributed by atoms with Crippen molar-refractivity contribution in [1.29, 1.82) is 0 Å². The maximum atomic E-state index is 12.3. The minimum atomic E-state index is -0.557. The summed E-state index contributed by atoms with van der Waals surface area (Å²) in [4.78, 5) is 26.2. The standard InChI is InChI=1S/C20H26N4O4/c1-13-5-7-14(8-6-13)27-12-17(25)21-18-15-11-24(10-9-16(15)22-23-18)19(26)28-20(2,3)4/h5-8H,9-12H2,1-4H3,(H2,21,22,23,25). The normalized spacial score (nSPS) is 13.6. The Balaban J connectivity index is 1.59. The lowest BCUT2D eigenvalue weighted by Gasteiger charge is -2.30. The molecule has 0 aliphatic carbocycles.